The Labute approximate surface area is 220 Å². The molecule has 0 radical (unpaired) electrons. The molecule has 0 spiro atoms. The van der Waals surface area contributed by atoms with Crippen LogP contribution in [-0.2, 0) is 4.79 Å². The molecule has 0 atom stereocenters. The molecule has 1 aliphatic carbocycles. The summed E-state index contributed by atoms with van der Waals surface area (Å²) >= 11 is 12.3. The number of carbonyl (C=O) groups excluding carboxylic acids is 2. The summed E-state index contributed by atoms with van der Waals surface area (Å²) in [5, 5.41) is 17.8. The van der Waals surface area contributed by atoms with Crippen molar-refractivity contribution >= 4 is 51.5 Å². The van der Waals surface area contributed by atoms with E-state index in [1.807, 2.05) is 37.2 Å². The molecule has 1 aromatic heterocycles. The molecular formula is C27H30Cl2N4O3. The van der Waals surface area contributed by atoms with Crippen molar-refractivity contribution < 1.29 is 14.7 Å². The highest BCUT2D eigenvalue weighted by Crippen LogP contribution is 2.38. The first-order valence-corrected chi connectivity index (χ1v) is 12.7. The lowest BCUT2D eigenvalue weighted by atomic mass is 9.90. The monoisotopic (exact) mass is 528 g/mol. The molecule has 4 rings (SSSR count). The smallest absolute Gasteiger partial charge is 0.234 e. The van der Waals surface area contributed by atoms with E-state index in [2.05, 4.69) is 15.6 Å². The molecule has 3 N–H and O–H groups in total. The first-order chi connectivity index (χ1) is 17.1. The van der Waals surface area contributed by atoms with Crippen LogP contribution in [0.3, 0.4) is 0 Å². The van der Waals surface area contributed by atoms with Crippen molar-refractivity contribution in [1.82, 2.24) is 15.2 Å². The van der Waals surface area contributed by atoms with Gasteiger partial charge in [-0.3, -0.25) is 14.6 Å². The number of halogens is 2. The van der Waals surface area contributed by atoms with Crippen molar-refractivity contribution in [3.8, 4) is 16.9 Å². The minimum Gasteiger partial charge on any atom is -0.505 e. The number of benzene rings is 2. The van der Waals surface area contributed by atoms with Crippen molar-refractivity contribution in [3.63, 3.8) is 0 Å². The number of ketones is 1. The Bertz CT molecular complexity index is 1280. The lowest BCUT2D eigenvalue weighted by Crippen LogP contribution is -2.43. The van der Waals surface area contributed by atoms with Crippen LogP contribution in [0.4, 0.5) is 5.69 Å². The fourth-order valence-electron chi connectivity index (χ4n) is 4.67. The van der Waals surface area contributed by atoms with E-state index in [0.717, 1.165) is 53.4 Å². The molecule has 0 unspecified atom stereocenters. The number of phenolic OH excluding ortho intramolecular Hbond substituents is 1. The second kappa shape index (κ2) is 11.0. The van der Waals surface area contributed by atoms with Gasteiger partial charge in [-0.2, -0.15) is 0 Å². The maximum atomic E-state index is 12.5. The van der Waals surface area contributed by atoms with Crippen LogP contribution in [-0.4, -0.2) is 59.4 Å². The molecule has 1 aliphatic rings. The van der Waals surface area contributed by atoms with Gasteiger partial charge in [0, 0.05) is 23.7 Å². The van der Waals surface area contributed by atoms with E-state index in [1.54, 1.807) is 18.3 Å². The number of nitrogens with zero attached hydrogens (tertiary/aromatic N) is 2. The molecule has 190 valence electrons. The average molecular weight is 529 g/mol. The number of nitrogens with one attached hydrogen (secondary N) is 2. The summed E-state index contributed by atoms with van der Waals surface area (Å²) in [5.74, 6) is -0.186. The summed E-state index contributed by atoms with van der Waals surface area (Å²) in [6, 6.07) is 9.41. The van der Waals surface area contributed by atoms with Crippen molar-refractivity contribution in [2.24, 2.45) is 0 Å². The van der Waals surface area contributed by atoms with E-state index in [4.69, 9.17) is 23.2 Å². The first-order valence-electron chi connectivity index (χ1n) is 11.9. The maximum Gasteiger partial charge on any atom is 0.234 e. The Balaban J connectivity index is 1.61. The van der Waals surface area contributed by atoms with E-state index >= 15 is 0 Å². The lowest BCUT2D eigenvalue weighted by Gasteiger charge is -2.31. The zero-order chi connectivity index (χ0) is 26.0. The number of fused-ring (bicyclic) bond motifs is 1. The number of hydrogen-bond donors (Lipinski definition) is 3. The van der Waals surface area contributed by atoms with Gasteiger partial charge in [0.15, 0.2) is 11.5 Å². The topological polar surface area (TPSA) is 94.6 Å². The SMILES string of the molecule is CC(=O)c1cnc2ccc(-c3cc(Cl)c(O)c(Cl)c3)cc2c1N[C@H]1CC[C@H](NC(=O)CN(C)C)CC1. The van der Waals surface area contributed by atoms with Crippen LogP contribution in [0.2, 0.25) is 10.0 Å². The van der Waals surface area contributed by atoms with Gasteiger partial charge in [0.2, 0.25) is 5.91 Å². The summed E-state index contributed by atoms with van der Waals surface area (Å²) in [4.78, 5) is 31.0. The molecule has 36 heavy (non-hydrogen) atoms. The normalized spacial score (nSPS) is 17.8. The number of Topliss-reactive ketones (excluding diaryl/α,β-unsaturated/α-hetero) is 1. The predicted octanol–water partition coefficient (Wildman–Crippen LogP) is 5.52. The summed E-state index contributed by atoms with van der Waals surface area (Å²) in [7, 11) is 3.75. The van der Waals surface area contributed by atoms with Gasteiger partial charge in [-0.25, -0.2) is 0 Å². The molecule has 1 amide bonds. The molecule has 3 aromatic rings. The molecule has 9 heteroatoms. The Morgan fingerprint density at radius 3 is 2.28 bits per heavy atom. The number of hydrogen-bond acceptors (Lipinski definition) is 6. The van der Waals surface area contributed by atoms with Gasteiger partial charge in [0.25, 0.3) is 0 Å². The standard InChI is InChI=1S/C27H30Cl2N4O3/c1-15(34)21-13-30-24-9-4-16(17-11-22(28)27(36)23(29)12-17)10-20(24)26(21)32-19-7-5-18(6-8-19)31-25(35)14-33(2)3/h4,9-13,18-19,36H,5-8,14H2,1-3H3,(H,30,32)(H,31,35)/t18-,19-. The Hall–Kier alpha value is -2.87. The summed E-state index contributed by atoms with van der Waals surface area (Å²) in [5.41, 5.74) is 3.63. The second-order valence-corrected chi connectivity index (χ2v) is 10.4. The maximum absolute atomic E-state index is 12.5. The number of amides is 1. The molecule has 0 aliphatic heterocycles. The van der Waals surface area contributed by atoms with E-state index < -0.39 is 0 Å². The number of aromatic hydroxyl groups is 1. The first kappa shape index (κ1) is 26.2. The van der Waals surface area contributed by atoms with Crippen molar-refractivity contribution in [2.75, 3.05) is 26.0 Å². The average Bonchev–Trinajstić information content (AvgIpc) is 2.82. The molecule has 0 bridgehead atoms. The largest absolute Gasteiger partial charge is 0.505 e. The van der Waals surface area contributed by atoms with E-state index in [0.29, 0.717) is 12.1 Å². The number of phenols is 1. The number of anilines is 1. The molecule has 7 nitrogen and oxygen atoms in total. The molecule has 1 saturated carbocycles. The van der Waals surface area contributed by atoms with Crippen LogP contribution in [0.15, 0.2) is 36.5 Å². The van der Waals surface area contributed by atoms with Gasteiger partial charge < -0.3 is 20.6 Å². The van der Waals surface area contributed by atoms with Gasteiger partial charge in [-0.05, 0) is 82.1 Å². The molecule has 1 heterocycles. The molecule has 1 fully saturated rings. The highest BCUT2D eigenvalue weighted by Gasteiger charge is 2.24. The third kappa shape index (κ3) is 5.91. The third-order valence-electron chi connectivity index (χ3n) is 6.50. The van der Waals surface area contributed by atoms with Gasteiger partial charge in [0.05, 0.1) is 33.4 Å². The van der Waals surface area contributed by atoms with Gasteiger partial charge in [0.1, 0.15) is 0 Å². The van der Waals surface area contributed by atoms with Crippen LogP contribution in [0.25, 0.3) is 22.0 Å². The van der Waals surface area contributed by atoms with Crippen molar-refractivity contribution in [2.45, 2.75) is 44.7 Å². The lowest BCUT2D eigenvalue weighted by molar-refractivity contribution is -0.122. The summed E-state index contributed by atoms with van der Waals surface area (Å²) in [6.07, 6.45) is 5.10. The zero-order valence-corrected chi connectivity index (χ0v) is 22.1. The fraction of sp³-hybridized carbons (Fsp3) is 0.370. The Morgan fingerprint density at radius 2 is 1.67 bits per heavy atom. The van der Waals surface area contributed by atoms with Gasteiger partial charge in [-0.1, -0.05) is 29.3 Å². The van der Waals surface area contributed by atoms with E-state index in [-0.39, 0.29) is 39.6 Å². The number of likely N-dealkylation sites (N-methyl/N-ethyl adjacent to an activating group) is 1. The van der Waals surface area contributed by atoms with Crippen LogP contribution >= 0.6 is 23.2 Å². The van der Waals surface area contributed by atoms with Gasteiger partial charge >= 0.3 is 0 Å². The van der Waals surface area contributed by atoms with Crippen LogP contribution in [0, 0.1) is 0 Å². The fourth-order valence-corrected chi connectivity index (χ4v) is 5.16. The molecule has 0 saturated heterocycles. The minimum absolute atomic E-state index is 0.0392. The highest BCUT2D eigenvalue weighted by atomic mass is 35.5. The Morgan fingerprint density at radius 1 is 1.03 bits per heavy atom. The molecule has 2 aromatic carbocycles. The van der Waals surface area contributed by atoms with Gasteiger partial charge in [-0.15, -0.1) is 0 Å². The minimum atomic E-state index is -0.153. The predicted molar refractivity (Wildman–Crippen MR) is 145 cm³/mol. The number of aromatic nitrogens is 1. The number of pyridine rings is 1. The number of rotatable bonds is 7. The highest BCUT2D eigenvalue weighted by molar-refractivity contribution is 6.37. The number of carbonyl (C=O) groups is 2. The Kier molecular flexibility index (Phi) is 8.03. The second-order valence-electron chi connectivity index (χ2n) is 9.62. The summed E-state index contributed by atoms with van der Waals surface area (Å²) in [6.45, 7) is 1.91. The van der Waals surface area contributed by atoms with Crippen LogP contribution in [0.1, 0.15) is 43.0 Å². The van der Waals surface area contributed by atoms with Crippen molar-refractivity contribution in [1.29, 1.82) is 0 Å². The van der Waals surface area contributed by atoms with Crippen molar-refractivity contribution in [3.05, 3.63) is 52.1 Å². The van der Waals surface area contributed by atoms with Crippen LogP contribution < -0.4 is 10.6 Å². The molecular weight excluding hydrogens is 499 g/mol. The van der Waals surface area contributed by atoms with E-state index in [9.17, 15) is 14.7 Å². The zero-order valence-electron chi connectivity index (χ0n) is 20.6. The third-order valence-corrected chi connectivity index (χ3v) is 7.07. The summed E-state index contributed by atoms with van der Waals surface area (Å²) < 4.78 is 0. The van der Waals surface area contributed by atoms with E-state index in [1.165, 1.54) is 6.92 Å². The quantitative estimate of drug-likeness (QED) is 0.349. The van der Waals surface area contributed by atoms with Crippen LogP contribution in [0.5, 0.6) is 5.75 Å².